The monoisotopic (exact) mass is 322 g/mol. The van der Waals surface area contributed by atoms with Crippen LogP contribution in [0.1, 0.15) is 62.8 Å². The Bertz CT molecular complexity index is 530. The number of benzene rings is 1. The molecular weight excluding hydrogens is 299 g/mol. The van der Waals surface area contributed by atoms with Crippen LogP contribution in [0.25, 0.3) is 0 Å². The molecule has 2 aliphatic carbocycles. The van der Waals surface area contributed by atoms with Gasteiger partial charge in [-0.15, -0.1) is 0 Å². The summed E-state index contributed by atoms with van der Waals surface area (Å²) in [5, 5.41) is 0.216. The summed E-state index contributed by atoms with van der Waals surface area (Å²) in [6.45, 7) is 0. The van der Waals surface area contributed by atoms with Crippen molar-refractivity contribution in [2.45, 2.75) is 57.3 Å². The van der Waals surface area contributed by atoms with Gasteiger partial charge in [0.1, 0.15) is 12.1 Å². The Labute approximate surface area is 137 Å². The molecule has 0 N–H and O–H groups in total. The van der Waals surface area contributed by atoms with Gasteiger partial charge in [-0.25, -0.2) is 4.39 Å². The summed E-state index contributed by atoms with van der Waals surface area (Å²) in [6, 6.07) is 5.31. The Hall–Kier alpha value is -0.890. The Kier molecular flexibility index (Phi) is 5.18. The zero-order valence-corrected chi connectivity index (χ0v) is 13.7. The van der Waals surface area contributed by atoms with Gasteiger partial charge < -0.3 is 4.79 Å². The van der Waals surface area contributed by atoms with Gasteiger partial charge in [0, 0.05) is 6.42 Å². The molecule has 120 valence electrons. The van der Waals surface area contributed by atoms with Gasteiger partial charge in [-0.3, -0.25) is 0 Å². The lowest BCUT2D eigenvalue weighted by molar-refractivity contribution is -0.108. The largest absolute Gasteiger partial charge is 0.303 e. The molecule has 0 aromatic heterocycles. The minimum atomic E-state index is -0.293. The topological polar surface area (TPSA) is 17.1 Å². The molecule has 1 aromatic carbocycles. The third-order valence-electron chi connectivity index (χ3n) is 5.83. The number of carbonyl (C=O) groups is 1. The van der Waals surface area contributed by atoms with Gasteiger partial charge >= 0.3 is 0 Å². The molecule has 2 saturated carbocycles. The Morgan fingerprint density at radius 3 is 2.68 bits per heavy atom. The van der Waals surface area contributed by atoms with Crippen molar-refractivity contribution in [1.82, 2.24) is 0 Å². The predicted molar refractivity (Wildman–Crippen MR) is 87.6 cm³/mol. The molecule has 22 heavy (non-hydrogen) atoms. The highest BCUT2D eigenvalue weighted by Gasteiger charge is 2.35. The molecule has 2 fully saturated rings. The molecule has 0 saturated heterocycles. The minimum Gasteiger partial charge on any atom is -0.303 e. The van der Waals surface area contributed by atoms with Crippen LogP contribution in [0.2, 0.25) is 5.02 Å². The standard InChI is InChI=1S/C19H24ClFO/c20-18-8-7-17(12-19(18)21)16-6-5-14-10-13(2-1-9-22)3-4-15(14)11-16/h7-9,12-16H,1-6,10-11H2/t13-,14-,15-,16?/m1/s1. The van der Waals surface area contributed by atoms with Crippen molar-refractivity contribution in [2.75, 3.05) is 0 Å². The summed E-state index contributed by atoms with van der Waals surface area (Å²) in [5.74, 6) is 2.54. The molecule has 1 unspecified atom stereocenters. The SMILES string of the molecule is O=CCC[C@@H]1CC[C@@H]2CC(c3ccc(Cl)c(F)c3)CC[C@@H]2C1. The number of hydrogen-bond acceptors (Lipinski definition) is 1. The summed E-state index contributed by atoms with van der Waals surface area (Å²) in [7, 11) is 0. The normalized spacial score (nSPS) is 31.5. The number of hydrogen-bond donors (Lipinski definition) is 0. The Balaban J connectivity index is 1.60. The van der Waals surface area contributed by atoms with E-state index in [1.165, 1.54) is 32.1 Å². The number of rotatable bonds is 4. The number of halogens is 2. The smallest absolute Gasteiger partial charge is 0.142 e. The highest BCUT2D eigenvalue weighted by molar-refractivity contribution is 6.30. The molecule has 1 nitrogen and oxygen atoms in total. The first-order valence-corrected chi connectivity index (χ1v) is 8.93. The van der Waals surface area contributed by atoms with Crippen LogP contribution in [-0.4, -0.2) is 6.29 Å². The summed E-state index contributed by atoms with van der Waals surface area (Å²) in [5.41, 5.74) is 1.11. The van der Waals surface area contributed by atoms with Crippen molar-refractivity contribution in [2.24, 2.45) is 17.8 Å². The van der Waals surface area contributed by atoms with E-state index in [2.05, 4.69) is 0 Å². The predicted octanol–water partition coefficient (Wildman–Crippen LogP) is 5.76. The second kappa shape index (κ2) is 7.12. The van der Waals surface area contributed by atoms with Crippen molar-refractivity contribution >= 4 is 17.9 Å². The molecule has 0 radical (unpaired) electrons. The van der Waals surface area contributed by atoms with Gasteiger partial charge in [-0.1, -0.05) is 24.1 Å². The molecule has 0 heterocycles. The van der Waals surface area contributed by atoms with Crippen molar-refractivity contribution < 1.29 is 9.18 Å². The number of aldehydes is 1. The maximum Gasteiger partial charge on any atom is 0.142 e. The van der Waals surface area contributed by atoms with E-state index in [0.29, 0.717) is 12.3 Å². The third kappa shape index (κ3) is 3.53. The van der Waals surface area contributed by atoms with Crippen LogP contribution in [0.4, 0.5) is 4.39 Å². The Morgan fingerprint density at radius 2 is 1.91 bits per heavy atom. The van der Waals surface area contributed by atoms with Crippen LogP contribution in [0.15, 0.2) is 18.2 Å². The number of fused-ring (bicyclic) bond motifs is 1. The summed E-state index contributed by atoms with van der Waals surface area (Å²) >= 11 is 5.79. The fourth-order valence-electron chi connectivity index (χ4n) is 4.62. The minimum absolute atomic E-state index is 0.216. The maximum atomic E-state index is 13.7. The highest BCUT2D eigenvalue weighted by atomic mass is 35.5. The number of carbonyl (C=O) groups excluding carboxylic acids is 1. The second-order valence-electron chi connectivity index (χ2n) is 7.13. The quantitative estimate of drug-likeness (QED) is 0.644. The van der Waals surface area contributed by atoms with E-state index >= 15 is 0 Å². The molecule has 2 aliphatic rings. The molecule has 3 rings (SSSR count). The first kappa shape index (κ1) is 16.0. The van der Waals surface area contributed by atoms with Crippen molar-refractivity contribution in [3.05, 3.63) is 34.6 Å². The van der Waals surface area contributed by atoms with Crippen LogP contribution in [-0.2, 0) is 4.79 Å². The molecule has 0 bridgehead atoms. The first-order valence-electron chi connectivity index (χ1n) is 8.56. The lowest BCUT2D eigenvalue weighted by Crippen LogP contribution is -2.30. The van der Waals surface area contributed by atoms with E-state index in [4.69, 9.17) is 11.6 Å². The van der Waals surface area contributed by atoms with Crippen LogP contribution in [0, 0.1) is 23.6 Å². The van der Waals surface area contributed by atoms with Crippen LogP contribution in [0.5, 0.6) is 0 Å². The average molecular weight is 323 g/mol. The van der Waals surface area contributed by atoms with E-state index in [1.54, 1.807) is 12.1 Å². The van der Waals surface area contributed by atoms with Crippen molar-refractivity contribution in [1.29, 1.82) is 0 Å². The molecule has 1 aromatic rings. The van der Waals surface area contributed by atoms with Crippen LogP contribution in [0.3, 0.4) is 0 Å². The fourth-order valence-corrected chi connectivity index (χ4v) is 4.74. The van der Waals surface area contributed by atoms with Gasteiger partial charge in [0.15, 0.2) is 0 Å². The van der Waals surface area contributed by atoms with E-state index in [1.807, 2.05) is 6.07 Å². The molecule has 4 atom stereocenters. The highest BCUT2D eigenvalue weighted by Crippen LogP contribution is 2.48. The fraction of sp³-hybridized carbons (Fsp3) is 0.632. The van der Waals surface area contributed by atoms with Crippen LogP contribution >= 0.6 is 11.6 Å². The van der Waals surface area contributed by atoms with Gasteiger partial charge in [0.05, 0.1) is 5.02 Å². The summed E-state index contributed by atoms with van der Waals surface area (Å²) in [6.07, 6.45) is 10.3. The lowest BCUT2D eigenvalue weighted by atomic mass is 9.63. The van der Waals surface area contributed by atoms with Gasteiger partial charge in [0.25, 0.3) is 0 Å². The van der Waals surface area contributed by atoms with Gasteiger partial charge in [0.2, 0.25) is 0 Å². The van der Waals surface area contributed by atoms with Gasteiger partial charge in [-0.2, -0.15) is 0 Å². The molecule has 0 amide bonds. The molecule has 3 heteroatoms. The van der Waals surface area contributed by atoms with E-state index in [9.17, 15) is 9.18 Å². The molecular formula is C19H24ClFO. The van der Waals surface area contributed by atoms with E-state index < -0.39 is 0 Å². The zero-order chi connectivity index (χ0) is 15.5. The first-order chi connectivity index (χ1) is 10.7. The lowest BCUT2D eigenvalue weighted by Gasteiger charge is -2.42. The molecule has 0 spiro atoms. The maximum absolute atomic E-state index is 13.7. The summed E-state index contributed by atoms with van der Waals surface area (Å²) in [4.78, 5) is 10.5. The van der Waals surface area contributed by atoms with Crippen LogP contribution < -0.4 is 0 Å². The average Bonchev–Trinajstić information content (AvgIpc) is 2.55. The third-order valence-corrected chi connectivity index (χ3v) is 6.14. The van der Waals surface area contributed by atoms with Crippen molar-refractivity contribution in [3.63, 3.8) is 0 Å². The zero-order valence-electron chi connectivity index (χ0n) is 12.9. The van der Waals surface area contributed by atoms with Crippen molar-refractivity contribution in [3.8, 4) is 0 Å². The summed E-state index contributed by atoms with van der Waals surface area (Å²) < 4.78 is 13.7. The second-order valence-corrected chi connectivity index (χ2v) is 7.53. The molecule has 0 aliphatic heterocycles. The Morgan fingerprint density at radius 1 is 1.14 bits per heavy atom. The van der Waals surface area contributed by atoms with E-state index in [-0.39, 0.29) is 10.8 Å². The van der Waals surface area contributed by atoms with Gasteiger partial charge in [-0.05, 0) is 79.9 Å². The van der Waals surface area contributed by atoms with E-state index in [0.717, 1.165) is 42.4 Å².